The average Bonchev–Trinajstić information content (AvgIpc) is 2.93. The standard InChI is InChI=1S/C17H24N4O5/c1-11(22)18-14-6-5-13(9-15(14)21(24)25)20-8-7-12(10-20)19-16(23)26-17(2,3)4/h5-6,9,12H,7-8,10H2,1-4H3,(H,18,22)(H,19,23)/t12-/m0/s1. The predicted octanol–water partition coefficient (Wildman–Crippen LogP) is 2.66. The van der Waals surface area contributed by atoms with E-state index in [0.717, 1.165) is 0 Å². The zero-order valence-corrected chi connectivity index (χ0v) is 15.4. The SMILES string of the molecule is CC(=O)Nc1ccc(N2CC[C@H](NC(=O)OC(C)(C)C)C2)cc1[N+](=O)[O-]. The Hall–Kier alpha value is -2.84. The van der Waals surface area contributed by atoms with Crippen LogP contribution in [-0.4, -0.2) is 41.7 Å². The zero-order valence-electron chi connectivity index (χ0n) is 15.4. The van der Waals surface area contributed by atoms with E-state index in [4.69, 9.17) is 4.74 Å². The number of anilines is 2. The molecule has 0 aromatic heterocycles. The van der Waals surface area contributed by atoms with Crippen molar-refractivity contribution < 1.29 is 19.2 Å². The number of nitro groups is 1. The minimum absolute atomic E-state index is 0.0982. The summed E-state index contributed by atoms with van der Waals surface area (Å²) in [5.74, 6) is -0.372. The maximum absolute atomic E-state index is 11.9. The lowest BCUT2D eigenvalue weighted by atomic mass is 10.2. The van der Waals surface area contributed by atoms with Gasteiger partial charge in [-0.1, -0.05) is 0 Å². The summed E-state index contributed by atoms with van der Waals surface area (Å²) in [6.07, 6.45) is 0.233. The van der Waals surface area contributed by atoms with Gasteiger partial charge in [0.1, 0.15) is 11.3 Å². The molecule has 0 spiro atoms. The fourth-order valence-corrected chi connectivity index (χ4v) is 2.75. The Morgan fingerprint density at radius 3 is 2.62 bits per heavy atom. The third-order valence-electron chi connectivity index (χ3n) is 3.76. The van der Waals surface area contributed by atoms with Gasteiger partial charge in [0.2, 0.25) is 5.91 Å². The molecule has 9 nitrogen and oxygen atoms in total. The van der Waals surface area contributed by atoms with E-state index in [1.54, 1.807) is 26.8 Å². The number of hydrogen-bond donors (Lipinski definition) is 2. The van der Waals surface area contributed by atoms with E-state index in [1.807, 2.05) is 4.90 Å². The quantitative estimate of drug-likeness (QED) is 0.627. The summed E-state index contributed by atoms with van der Waals surface area (Å²) in [4.78, 5) is 35.7. The largest absolute Gasteiger partial charge is 0.444 e. The first-order valence-corrected chi connectivity index (χ1v) is 8.35. The van der Waals surface area contributed by atoms with E-state index in [1.165, 1.54) is 19.1 Å². The number of carbonyl (C=O) groups is 2. The molecule has 142 valence electrons. The molecule has 0 bridgehead atoms. The van der Waals surface area contributed by atoms with Crippen molar-refractivity contribution in [2.75, 3.05) is 23.3 Å². The highest BCUT2D eigenvalue weighted by Crippen LogP contribution is 2.31. The number of alkyl carbamates (subject to hydrolysis) is 1. The van der Waals surface area contributed by atoms with E-state index < -0.39 is 16.6 Å². The maximum Gasteiger partial charge on any atom is 0.407 e. The van der Waals surface area contributed by atoms with Crippen molar-refractivity contribution in [1.82, 2.24) is 5.32 Å². The first kappa shape index (κ1) is 19.5. The fourth-order valence-electron chi connectivity index (χ4n) is 2.75. The lowest BCUT2D eigenvalue weighted by Crippen LogP contribution is -2.40. The minimum Gasteiger partial charge on any atom is -0.444 e. The molecule has 1 aromatic rings. The van der Waals surface area contributed by atoms with Crippen LogP contribution >= 0.6 is 0 Å². The number of nitro benzene ring substituents is 1. The minimum atomic E-state index is -0.567. The van der Waals surface area contributed by atoms with Gasteiger partial charge in [-0.15, -0.1) is 0 Å². The molecule has 9 heteroatoms. The van der Waals surface area contributed by atoms with E-state index in [2.05, 4.69) is 10.6 Å². The van der Waals surface area contributed by atoms with Crippen molar-refractivity contribution in [2.45, 2.75) is 45.8 Å². The highest BCUT2D eigenvalue weighted by Gasteiger charge is 2.27. The van der Waals surface area contributed by atoms with Crippen LogP contribution in [-0.2, 0) is 9.53 Å². The highest BCUT2D eigenvalue weighted by atomic mass is 16.6. The maximum atomic E-state index is 11.9. The lowest BCUT2D eigenvalue weighted by Gasteiger charge is -2.22. The highest BCUT2D eigenvalue weighted by molar-refractivity contribution is 5.91. The summed E-state index contributed by atoms with van der Waals surface area (Å²) in [6.45, 7) is 7.86. The van der Waals surface area contributed by atoms with Crippen LogP contribution in [0.1, 0.15) is 34.1 Å². The smallest absolute Gasteiger partial charge is 0.407 e. The molecule has 1 aromatic carbocycles. The molecular weight excluding hydrogens is 340 g/mol. The second kappa shape index (κ2) is 7.59. The molecule has 0 aliphatic carbocycles. The van der Waals surface area contributed by atoms with Gasteiger partial charge >= 0.3 is 6.09 Å². The molecule has 0 unspecified atom stereocenters. The Balaban J connectivity index is 2.06. The Labute approximate surface area is 151 Å². The summed E-state index contributed by atoms with van der Waals surface area (Å²) in [5, 5.41) is 16.5. The molecular formula is C17H24N4O5. The van der Waals surface area contributed by atoms with Gasteiger partial charge in [-0.3, -0.25) is 14.9 Å². The number of benzene rings is 1. The fraction of sp³-hybridized carbons (Fsp3) is 0.529. The van der Waals surface area contributed by atoms with Gasteiger partial charge in [0, 0.05) is 31.8 Å². The van der Waals surface area contributed by atoms with Gasteiger partial charge in [-0.2, -0.15) is 0 Å². The van der Waals surface area contributed by atoms with Crippen LogP contribution in [0.3, 0.4) is 0 Å². The van der Waals surface area contributed by atoms with Crippen molar-refractivity contribution in [2.24, 2.45) is 0 Å². The van der Waals surface area contributed by atoms with Crippen molar-refractivity contribution in [3.63, 3.8) is 0 Å². The summed E-state index contributed by atoms with van der Waals surface area (Å²) in [7, 11) is 0. The molecule has 1 heterocycles. The molecule has 0 radical (unpaired) electrons. The third-order valence-corrected chi connectivity index (χ3v) is 3.76. The molecule has 1 fully saturated rings. The number of hydrogen-bond acceptors (Lipinski definition) is 6. The van der Waals surface area contributed by atoms with Gasteiger partial charge in [-0.05, 0) is 39.3 Å². The molecule has 2 rings (SSSR count). The van der Waals surface area contributed by atoms with E-state index in [-0.39, 0.29) is 23.3 Å². The van der Waals surface area contributed by atoms with E-state index in [9.17, 15) is 19.7 Å². The van der Waals surface area contributed by atoms with Crippen molar-refractivity contribution in [3.05, 3.63) is 28.3 Å². The van der Waals surface area contributed by atoms with Gasteiger partial charge in [-0.25, -0.2) is 4.79 Å². The van der Waals surface area contributed by atoms with Gasteiger partial charge in [0.25, 0.3) is 5.69 Å². The van der Waals surface area contributed by atoms with E-state index >= 15 is 0 Å². The van der Waals surface area contributed by atoms with Crippen LogP contribution in [0.15, 0.2) is 18.2 Å². The predicted molar refractivity (Wildman–Crippen MR) is 97.4 cm³/mol. The normalized spacial score (nSPS) is 16.9. The number of rotatable bonds is 4. The Morgan fingerprint density at radius 2 is 2.04 bits per heavy atom. The number of nitrogens with one attached hydrogen (secondary N) is 2. The first-order chi connectivity index (χ1) is 12.0. The second-order valence-corrected chi connectivity index (χ2v) is 7.22. The lowest BCUT2D eigenvalue weighted by molar-refractivity contribution is -0.383. The summed E-state index contributed by atoms with van der Waals surface area (Å²) >= 11 is 0. The van der Waals surface area contributed by atoms with Gasteiger partial charge < -0.3 is 20.3 Å². The zero-order chi connectivity index (χ0) is 19.5. The van der Waals surface area contributed by atoms with Gasteiger partial charge in [0.15, 0.2) is 0 Å². The number of ether oxygens (including phenoxy) is 1. The summed E-state index contributed by atoms with van der Waals surface area (Å²) in [6, 6.07) is 4.57. The van der Waals surface area contributed by atoms with Crippen LogP contribution in [0.5, 0.6) is 0 Å². The number of amides is 2. The van der Waals surface area contributed by atoms with Gasteiger partial charge in [0.05, 0.1) is 11.0 Å². The van der Waals surface area contributed by atoms with Crippen LogP contribution in [0.25, 0.3) is 0 Å². The molecule has 1 aliphatic heterocycles. The van der Waals surface area contributed by atoms with Crippen LogP contribution in [0.2, 0.25) is 0 Å². The molecule has 1 aliphatic rings. The van der Waals surface area contributed by atoms with Crippen LogP contribution < -0.4 is 15.5 Å². The number of nitrogens with zero attached hydrogens (tertiary/aromatic N) is 2. The third kappa shape index (κ3) is 5.33. The molecule has 1 atom stereocenters. The van der Waals surface area contributed by atoms with Crippen molar-refractivity contribution in [1.29, 1.82) is 0 Å². The molecule has 1 saturated heterocycles. The summed E-state index contributed by atoms with van der Waals surface area (Å²) < 4.78 is 5.25. The van der Waals surface area contributed by atoms with Crippen LogP contribution in [0, 0.1) is 10.1 Å². The second-order valence-electron chi connectivity index (χ2n) is 7.22. The first-order valence-electron chi connectivity index (χ1n) is 8.35. The summed E-state index contributed by atoms with van der Waals surface area (Å²) in [5.41, 5.74) is 0.0946. The molecule has 26 heavy (non-hydrogen) atoms. The average molecular weight is 364 g/mol. The van der Waals surface area contributed by atoms with Crippen molar-refractivity contribution >= 4 is 29.1 Å². The monoisotopic (exact) mass is 364 g/mol. The van der Waals surface area contributed by atoms with Crippen LogP contribution in [0.4, 0.5) is 21.9 Å². The Bertz CT molecular complexity index is 714. The molecule has 0 saturated carbocycles. The van der Waals surface area contributed by atoms with Crippen molar-refractivity contribution in [3.8, 4) is 0 Å². The number of carbonyl (C=O) groups excluding carboxylic acids is 2. The molecule has 2 amide bonds. The Morgan fingerprint density at radius 1 is 1.35 bits per heavy atom. The van der Waals surface area contributed by atoms with E-state index in [0.29, 0.717) is 25.2 Å². The topological polar surface area (TPSA) is 114 Å². The Kier molecular flexibility index (Phi) is 5.69. The molecule has 2 N–H and O–H groups in total.